The van der Waals surface area contributed by atoms with Crippen LogP contribution in [0.3, 0.4) is 0 Å². The van der Waals surface area contributed by atoms with Crippen LogP contribution >= 0.6 is 0 Å². The van der Waals surface area contributed by atoms with Gasteiger partial charge in [0.25, 0.3) is 0 Å². The molecule has 0 unspecified atom stereocenters. The number of hydrogen-bond acceptors (Lipinski definition) is 3. The Morgan fingerprint density at radius 3 is 2.50 bits per heavy atom. The third-order valence-electron chi connectivity index (χ3n) is 3.51. The Morgan fingerprint density at radius 1 is 1.33 bits per heavy atom. The van der Waals surface area contributed by atoms with Crippen LogP contribution in [0, 0.1) is 0 Å². The molecule has 0 radical (unpaired) electrons. The zero-order chi connectivity index (χ0) is 13.0. The minimum absolute atomic E-state index is 0.00621. The Kier molecular flexibility index (Phi) is 3.87. The van der Waals surface area contributed by atoms with Crippen molar-refractivity contribution in [1.82, 2.24) is 5.32 Å². The molecule has 2 N–H and O–H groups in total. The molecule has 1 aromatic rings. The molecule has 1 amide bonds. The standard InChI is InChI=1S/C14H20N2O2/c1-14(8-3-9-14)15-10-13(17)16-11-4-6-12(18-2)7-5-11/h4-7,15H,3,8-10H2,1-2H3,(H,16,17). The van der Waals surface area contributed by atoms with E-state index in [1.165, 1.54) is 6.42 Å². The molecule has 0 spiro atoms. The molecule has 1 aliphatic rings. The van der Waals surface area contributed by atoms with E-state index >= 15 is 0 Å². The van der Waals surface area contributed by atoms with Crippen LogP contribution in [0.4, 0.5) is 5.69 Å². The van der Waals surface area contributed by atoms with E-state index in [1.807, 2.05) is 24.3 Å². The zero-order valence-electron chi connectivity index (χ0n) is 11.0. The Morgan fingerprint density at radius 2 is 2.00 bits per heavy atom. The summed E-state index contributed by atoms with van der Waals surface area (Å²) in [6.45, 7) is 2.53. The molecule has 4 heteroatoms. The van der Waals surface area contributed by atoms with Gasteiger partial charge in [-0.1, -0.05) is 0 Å². The highest BCUT2D eigenvalue weighted by molar-refractivity contribution is 5.92. The first-order chi connectivity index (χ1) is 8.61. The third-order valence-corrected chi connectivity index (χ3v) is 3.51. The fourth-order valence-corrected chi connectivity index (χ4v) is 2.06. The van der Waals surface area contributed by atoms with E-state index in [2.05, 4.69) is 17.6 Å². The van der Waals surface area contributed by atoms with Gasteiger partial charge in [0.2, 0.25) is 5.91 Å². The van der Waals surface area contributed by atoms with E-state index in [-0.39, 0.29) is 11.4 Å². The van der Waals surface area contributed by atoms with Crippen LogP contribution in [-0.2, 0) is 4.79 Å². The van der Waals surface area contributed by atoms with Gasteiger partial charge in [-0.05, 0) is 50.5 Å². The van der Waals surface area contributed by atoms with Crippen LogP contribution < -0.4 is 15.4 Å². The van der Waals surface area contributed by atoms with Crippen LogP contribution in [0.25, 0.3) is 0 Å². The number of rotatable bonds is 5. The van der Waals surface area contributed by atoms with Crippen LogP contribution in [0.5, 0.6) is 5.75 Å². The molecule has 98 valence electrons. The van der Waals surface area contributed by atoms with Gasteiger partial charge in [-0.2, -0.15) is 0 Å². The van der Waals surface area contributed by atoms with E-state index in [4.69, 9.17) is 4.74 Å². The van der Waals surface area contributed by atoms with Crippen LogP contribution in [0.2, 0.25) is 0 Å². The normalized spacial score (nSPS) is 16.8. The largest absolute Gasteiger partial charge is 0.497 e. The SMILES string of the molecule is COc1ccc(NC(=O)CNC2(C)CCC2)cc1. The van der Waals surface area contributed by atoms with Crippen molar-refractivity contribution in [2.45, 2.75) is 31.7 Å². The number of carbonyl (C=O) groups excluding carboxylic acids is 1. The van der Waals surface area contributed by atoms with Crippen molar-refractivity contribution in [1.29, 1.82) is 0 Å². The molecule has 2 rings (SSSR count). The zero-order valence-corrected chi connectivity index (χ0v) is 11.0. The lowest BCUT2D eigenvalue weighted by molar-refractivity contribution is -0.115. The number of methoxy groups -OCH3 is 1. The number of amides is 1. The highest BCUT2D eigenvalue weighted by Crippen LogP contribution is 2.30. The Hall–Kier alpha value is -1.55. The van der Waals surface area contributed by atoms with Gasteiger partial charge in [-0.25, -0.2) is 0 Å². The fraction of sp³-hybridized carbons (Fsp3) is 0.500. The summed E-state index contributed by atoms with van der Waals surface area (Å²) in [5, 5.41) is 6.16. The number of ether oxygens (including phenoxy) is 1. The molecule has 0 aromatic heterocycles. The molecule has 0 saturated heterocycles. The number of nitrogens with one attached hydrogen (secondary N) is 2. The van der Waals surface area contributed by atoms with Gasteiger partial charge in [0.05, 0.1) is 13.7 Å². The maximum atomic E-state index is 11.7. The first kappa shape index (κ1) is 12.9. The lowest BCUT2D eigenvalue weighted by Gasteiger charge is -2.39. The number of benzene rings is 1. The monoisotopic (exact) mass is 248 g/mol. The molecule has 0 bridgehead atoms. The average Bonchev–Trinajstić information content (AvgIpc) is 2.35. The van der Waals surface area contributed by atoms with Crippen molar-refractivity contribution >= 4 is 11.6 Å². The molecule has 1 saturated carbocycles. The lowest BCUT2D eigenvalue weighted by Crippen LogP contribution is -2.50. The highest BCUT2D eigenvalue weighted by atomic mass is 16.5. The third kappa shape index (κ3) is 3.23. The molecule has 1 aliphatic carbocycles. The summed E-state index contributed by atoms with van der Waals surface area (Å²) in [4.78, 5) is 11.7. The second-order valence-electron chi connectivity index (χ2n) is 5.04. The maximum absolute atomic E-state index is 11.7. The number of hydrogen-bond donors (Lipinski definition) is 2. The second-order valence-corrected chi connectivity index (χ2v) is 5.04. The minimum atomic E-state index is -0.00621. The summed E-state index contributed by atoms with van der Waals surface area (Å²) in [6, 6.07) is 7.33. The van der Waals surface area contributed by atoms with Gasteiger partial charge >= 0.3 is 0 Å². The summed E-state index contributed by atoms with van der Waals surface area (Å²) in [7, 11) is 1.62. The van der Waals surface area contributed by atoms with E-state index < -0.39 is 0 Å². The highest BCUT2D eigenvalue weighted by Gasteiger charge is 2.31. The molecule has 18 heavy (non-hydrogen) atoms. The van der Waals surface area contributed by atoms with Crippen molar-refractivity contribution in [2.75, 3.05) is 19.0 Å². The van der Waals surface area contributed by atoms with Crippen molar-refractivity contribution in [2.24, 2.45) is 0 Å². The van der Waals surface area contributed by atoms with E-state index in [9.17, 15) is 4.79 Å². The van der Waals surface area contributed by atoms with E-state index in [1.54, 1.807) is 7.11 Å². The van der Waals surface area contributed by atoms with E-state index in [0.29, 0.717) is 6.54 Å². The van der Waals surface area contributed by atoms with Gasteiger partial charge in [-0.3, -0.25) is 4.79 Å². The van der Waals surface area contributed by atoms with Crippen LogP contribution in [0.1, 0.15) is 26.2 Å². The fourth-order valence-electron chi connectivity index (χ4n) is 2.06. The summed E-state index contributed by atoms with van der Waals surface area (Å²) >= 11 is 0. The molecule has 1 fully saturated rings. The van der Waals surface area contributed by atoms with Gasteiger partial charge in [0, 0.05) is 11.2 Å². The van der Waals surface area contributed by atoms with Gasteiger partial charge in [0.1, 0.15) is 5.75 Å². The van der Waals surface area contributed by atoms with Gasteiger partial charge < -0.3 is 15.4 Å². The molecule has 4 nitrogen and oxygen atoms in total. The Labute approximate surface area is 108 Å². The number of carbonyl (C=O) groups is 1. The molecule has 1 aromatic carbocycles. The molecular formula is C14H20N2O2. The molecule has 0 heterocycles. The average molecular weight is 248 g/mol. The van der Waals surface area contributed by atoms with Crippen LogP contribution in [-0.4, -0.2) is 25.1 Å². The molecule has 0 atom stereocenters. The summed E-state index contributed by atoms with van der Waals surface area (Å²) in [5.41, 5.74) is 0.957. The van der Waals surface area contributed by atoms with Crippen molar-refractivity contribution in [3.05, 3.63) is 24.3 Å². The smallest absolute Gasteiger partial charge is 0.238 e. The second kappa shape index (κ2) is 5.40. The summed E-state index contributed by atoms with van der Waals surface area (Å²) in [5.74, 6) is 0.779. The molecular weight excluding hydrogens is 228 g/mol. The Bertz CT molecular complexity index is 410. The van der Waals surface area contributed by atoms with Crippen LogP contribution in [0.15, 0.2) is 24.3 Å². The first-order valence-electron chi connectivity index (χ1n) is 6.30. The predicted octanol–water partition coefficient (Wildman–Crippen LogP) is 2.17. The molecule has 0 aliphatic heterocycles. The lowest BCUT2D eigenvalue weighted by atomic mass is 9.78. The Balaban J connectivity index is 1.79. The van der Waals surface area contributed by atoms with E-state index in [0.717, 1.165) is 24.3 Å². The van der Waals surface area contributed by atoms with Crippen molar-refractivity contribution in [3.63, 3.8) is 0 Å². The predicted molar refractivity (Wildman–Crippen MR) is 71.9 cm³/mol. The number of anilines is 1. The van der Waals surface area contributed by atoms with Crippen molar-refractivity contribution in [3.8, 4) is 5.75 Å². The topological polar surface area (TPSA) is 50.4 Å². The summed E-state index contributed by atoms with van der Waals surface area (Å²) in [6.07, 6.45) is 3.56. The minimum Gasteiger partial charge on any atom is -0.497 e. The van der Waals surface area contributed by atoms with Crippen molar-refractivity contribution < 1.29 is 9.53 Å². The quantitative estimate of drug-likeness (QED) is 0.839. The first-order valence-corrected chi connectivity index (χ1v) is 6.30. The van der Waals surface area contributed by atoms with Gasteiger partial charge in [0.15, 0.2) is 0 Å². The maximum Gasteiger partial charge on any atom is 0.238 e. The summed E-state index contributed by atoms with van der Waals surface area (Å²) < 4.78 is 5.06. The van der Waals surface area contributed by atoms with Gasteiger partial charge in [-0.15, -0.1) is 0 Å².